The fraction of sp³-hybridized carbons (Fsp3) is 0.0667. The molecule has 3 rings (SSSR count). The Morgan fingerprint density at radius 3 is 2.60 bits per heavy atom. The first-order valence-corrected chi connectivity index (χ1v) is 6.04. The van der Waals surface area contributed by atoms with Crippen molar-refractivity contribution in [3.8, 4) is 28.6 Å². The van der Waals surface area contributed by atoms with Crippen LogP contribution >= 0.6 is 0 Å². The fourth-order valence-corrected chi connectivity index (χ4v) is 1.94. The van der Waals surface area contributed by atoms with Gasteiger partial charge in [-0.05, 0) is 31.2 Å². The average Bonchev–Trinajstić information content (AvgIpc) is 2.92. The number of halogens is 1. The molecule has 1 aromatic heterocycles. The van der Waals surface area contributed by atoms with Crippen LogP contribution in [-0.2, 0) is 0 Å². The molecule has 0 spiro atoms. The highest BCUT2D eigenvalue weighted by molar-refractivity contribution is 5.64. The first kappa shape index (κ1) is 12.3. The van der Waals surface area contributed by atoms with Gasteiger partial charge in [-0.3, -0.25) is 0 Å². The molecule has 0 aliphatic rings. The van der Waals surface area contributed by atoms with Crippen LogP contribution in [-0.4, -0.2) is 15.2 Å². The Balaban J connectivity index is 2.07. The van der Waals surface area contributed by atoms with E-state index in [1.54, 1.807) is 43.3 Å². The number of hydrogen-bond acceptors (Lipinski definition) is 4. The van der Waals surface area contributed by atoms with Crippen molar-refractivity contribution < 1.29 is 14.0 Å². The first-order valence-electron chi connectivity index (χ1n) is 6.04. The molecular formula is C15H11FN2O2. The molecule has 1 heterocycles. The molecule has 0 fully saturated rings. The SMILES string of the molecule is Cc1c(O)cccc1-c1nc(-c2ccccc2F)no1. The zero-order valence-electron chi connectivity index (χ0n) is 10.7. The van der Waals surface area contributed by atoms with Crippen molar-refractivity contribution in [2.24, 2.45) is 0 Å². The van der Waals surface area contributed by atoms with Crippen molar-refractivity contribution in [1.29, 1.82) is 0 Å². The maximum atomic E-state index is 13.7. The van der Waals surface area contributed by atoms with Crippen molar-refractivity contribution in [3.05, 3.63) is 53.8 Å². The quantitative estimate of drug-likeness (QED) is 0.773. The number of phenols is 1. The van der Waals surface area contributed by atoms with Gasteiger partial charge in [0.25, 0.3) is 5.89 Å². The largest absolute Gasteiger partial charge is 0.508 e. The summed E-state index contributed by atoms with van der Waals surface area (Å²) in [7, 11) is 0. The molecule has 20 heavy (non-hydrogen) atoms. The van der Waals surface area contributed by atoms with Gasteiger partial charge >= 0.3 is 0 Å². The number of rotatable bonds is 2. The van der Waals surface area contributed by atoms with E-state index in [0.29, 0.717) is 11.1 Å². The monoisotopic (exact) mass is 270 g/mol. The van der Waals surface area contributed by atoms with Crippen molar-refractivity contribution in [2.45, 2.75) is 6.92 Å². The average molecular weight is 270 g/mol. The molecule has 100 valence electrons. The van der Waals surface area contributed by atoms with Gasteiger partial charge in [-0.2, -0.15) is 4.98 Å². The van der Waals surface area contributed by atoms with E-state index in [-0.39, 0.29) is 23.0 Å². The lowest BCUT2D eigenvalue weighted by Gasteiger charge is -2.01. The Bertz CT molecular complexity index is 768. The van der Waals surface area contributed by atoms with E-state index >= 15 is 0 Å². The second kappa shape index (κ2) is 4.77. The highest BCUT2D eigenvalue weighted by Crippen LogP contribution is 2.29. The van der Waals surface area contributed by atoms with Gasteiger partial charge < -0.3 is 9.63 Å². The molecule has 0 radical (unpaired) electrons. The van der Waals surface area contributed by atoms with Gasteiger partial charge in [-0.1, -0.05) is 23.4 Å². The second-order valence-electron chi connectivity index (χ2n) is 4.35. The maximum Gasteiger partial charge on any atom is 0.258 e. The summed E-state index contributed by atoms with van der Waals surface area (Å²) < 4.78 is 18.8. The molecule has 1 N–H and O–H groups in total. The molecule has 2 aromatic carbocycles. The van der Waals surface area contributed by atoms with E-state index in [0.717, 1.165) is 0 Å². The summed E-state index contributed by atoms with van der Waals surface area (Å²) in [6.07, 6.45) is 0. The first-order chi connectivity index (χ1) is 9.66. The molecule has 0 unspecified atom stereocenters. The molecule has 0 amide bonds. The number of hydrogen-bond donors (Lipinski definition) is 1. The van der Waals surface area contributed by atoms with Crippen LogP contribution in [0.15, 0.2) is 47.0 Å². The topological polar surface area (TPSA) is 59.2 Å². The van der Waals surface area contributed by atoms with Gasteiger partial charge in [0.05, 0.1) is 5.56 Å². The van der Waals surface area contributed by atoms with Crippen LogP contribution in [0.2, 0.25) is 0 Å². The number of nitrogens with zero attached hydrogens (tertiary/aromatic N) is 2. The molecule has 0 saturated heterocycles. The number of benzene rings is 2. The van der Waals surface area contributed by atoms with Crippen molar-refractivity contribution in [3.63, 3.8) is 0 Å². The number of aromatic hydroxyl groups is 1. The van der Waals surface area contributed by atoms with Crippen molar-refractivity contribution in [1.82, 2.24) is 10.1 Å². The third-order valence-corrected chi connectivity index (χ3v) is 3.08. The lowest BCUT2D eigenvalue weighted by atomic mass is 10.1. The van der Waals surface area contributed by atoms with Crippen LogP contribution in [0.25, 0.3) is 22.8 Å². The molecule has 0 saturated carbocycles. The third-order valence-electron chi connectivity index (χ3n) is 3.08. The standard InChI is InChI=1S/C15H11FN2O2/c1-9-10(6-4-8-13(9)19)15-17-14(18-20-15)11-5-2-3-7-12(11)16/h2-8,19H,1H3. The predicted octanol–water partition coefficient (Wildman–Crippen LogP) is 3.56. The van der Waals surface area contributed by atoms with Gasteiger partial charge in [-0.15, -0.1) is 0 Å². The van der Waals surface area contributed by atoms with E-state index in [9.17, 15) is 9.50 Å². The Morgan fingerprint density at radius 2 is 1.80 bits per heavy atom. The zero-order chi connectivity index (χ0) is 14.1. The van der Waals surface area contributed by atoms with Crippen molar-refractivity contribution >= 4 is 0 Å². The van der Waals surface area contributed by atoms with Crippen LogP contribution in [0, 0.1) is 12.7 Å². The summed E-state index contributed by atoms with van der Waals surface area (Å²) in [5, 5.41) is 13.5. The molecule has 0 aliphatic carbocycles. The Kier molecular flexibility index (Phi) is 2.95. The fourth-order valence-electron chi connectivity index (χ4n) is 1.94. The number of aromatic nitrogens is 2. The molecule has 0 atom stereocenters. The van der Waals surface area contributed by atoms with E-state index in [4.69, 9.17) is 4.52 Å². The lowest BCUT2D eigenvalue weighted by Crippen LogP contribution is -1.87. The lowest BCUT2D eigenvalue weighted by molar-refractivity contribution is 0.430. The van der Waals surface area contributed by atoms with Crippen LogP contribution in [0.5, 0.6) is 5.75 Å². The van der Waals surface area contributed by atoms with Crippen LogP contribution in [0.4, 0.5) is 4.39 Å². The third kappa shape index (κ3) is 2.03. The minimum absolute atomic E-state index is 0.146. The summed E-state index contributed by atoms with van der Waals surface area (Å²) in [4.78, 5) is 4.18. The molecule has 5 heteroatoms. The Morgan fingerprint density at radius 1 is 1.05 bits per heavy atom. The van der Waals surface area contributed by atoms with Crippen LogP contribution in [0.1, 0.15) is 5.56 Å². The summed E-state index contributed by atoms with van der Waals surface area (Å²) >= 11 is 0. The maximum absolute atomic E-state index is 13.7. The summed E-state index contributed by atoms with van der Waals surface area (Å²) in [6, 6.07) is 11.2. The minimum Gasteiger partial charge on any atom is -0.508 e. The predicted molar refractivity (Wildman–Crippen MR) is 71.5 cm³/mol. The summed E-state index contributed by atoms with van der Waals surface area (Å²) in [6.45, 7) is 1.75. The molecule has 0 aliphatic heterocycles. The smallest absolute Gasteiger partial charge is 0.258 e. The minimum atomic E-state index is -0.410. The van der Waals surface area contributed by atoms with Gasteiger partial charge in [0.15, 0.2) is 0 Å². The summed E-state index contributed by atoms with van der Waals surface area (Å²) in [5.41, 5.74) is 1.54. The van der Waals surface area contributed by atoms with E-state index in [1.165, 1.54) is 6.07 Å². The second-order valence-corrected chi connectivity index (χ2v) is 4.35. The highest BCUT2D eigenvalue weighted by Gasteiger charge is 2.15. The molecular weight excluding hydrogens is 259 g/mol. The van der Waals surface area contributed by atoms with Crippen molar-refractivity contribution in [2.75, 3.05) is 0 Å². The van der Waals surface area contributed by atoms with Gasteiger partial charge in [0, 0.05) is 11.1 Å². The Labute approximate surface area is 114 Å². The van der Waals surface area contributed by atoms with Crippen LogP contribution < -0.4 is 0 Å². The van der Waals surface area contributed by atoms with E-state index < -0.39 is 5.82 Å². The normalized spacial score (nSPS) is 10.7. The highest BCUT2D eigenvalue weighted by atomic mass is 19.1. The van der Waals surface area contributed by atoms with Gasteiger partial charge in [0.2, 0.25) is 5.82 Å². The molecule has 3 aromatic rings. The zero-order valence-corrected chi connectivity index (χ0v) is 10.7. The Hall–Kier alpha value is -2.69. The van der Waals surface area contributed by atoms with E-state index in [2.05, 4.69) is 10.1 Å². The molecule has 4 nitrogen and oxygen atoms in total. The summed E-state index contributed by atoms with van der Waals surface area (Å²) in [5.74, 6) is 0.165. The van der Waals surface area contributed by atoms with Gasteiger partial charge in [-0.25, -0.2) is 4.39 Å². The van der Waals surface area contributed by atoms with Gasteiger partial charge in [0.1, 0.15) is 11.6 Å². The van der Waals surface area contributed by atoms with Crippen LogP contribution in [0.3, 0.4) is 0 Å². The number of phenolic OH excluding ortho intramolecular Hbond substituents is 1. The van der Waals surface area contributed by atoms with E-state index in [1.807, 2.05) is 0 Å². The molecule has 0 bridgehead atoms.